The highest BCUT2D eigenvalue weighted by atomic mass is 16.6. The van der Waals surface area contributed by atoms with Crippen LogP contribution in [0.4, 0.5) is 4.79 Å². The molecular formula is C14H23NO2. The van der Waals surface area contributed by atoms with Gasteiger partial charge in [0.2, 0.25) is 0 Å². The summed E-state index contributed by atoms with van der Waals surface area (Å²) in [5.41, 5.74) is 0.0357. The highest BCUT2D eigenvalue weighted by Crippen LogP contribution is 2.52. The van der Waals surface area contributed by atoms with E-state index in [0.717, 1.165) is 19.0 Å². The molecule has 0 bridgehead atoms. The van der Waals surface area contributed by atoms with E-state index in [9.17, 15) is 4.79 Å². The Morgan fingerprint density at radius 1 is 1.35 bits per heavy atom. The lowest BCUT2D eigenvalue weighted by molar-refractivity contribution is -0.0851. The molecule has 17 heavy (non-hydrogen) atoms. The van der Waals surface area contributed by atoms with E-state index in [2.05, 4.69) is 19.1 Å². The van der Waals surface area contributed by atoms with E-state index in [4.69, 9.17) is 4.74 Å². The molecule has 1 aliphatic carbocycles. The van der Waals surface area contributed by atoms with Crippen molar-refractivity contribution in [3.05, 3.63) is 12.2 Å². The van der Waals surface area contributed by atoms with Crippen LogP contribution in [-0.4, -0.2) is 29.7 Å². The molecule has 0 radical (unpaired) electrons. The number of allylic oxidation sites excluding steroid dienone is 2. The highest BCUT2D eigenvalue weighted by molar-refractivity contribution is 5.69. The average Bonchev–Trinajstić information content (AvgIpc) is 2.03. The van der Waals surface area contributed by atoms with Gasteiger partial charge in [-0.2, -0.15) is 0 Å². The fraction of sp³-hybridized carbons (Fsp3) is 0.786. The van der Waals surface area contributed by atoms with Gasteiger partial charge in [-0.15, -0.1) is 0 Å². The molecule has 3 heteroatoms. The topological polar surface area (TPSA) is 29.5 Å². The van der Waals surface area contributed by atoms with Crippen molar-refractivity contribution in [1.29, 1.82) is 0 Å². The zero-order valence-electron chi connectivity index (χ0n) is 11.3. The molecule has 1 amide bonds. The first-order chi connectivity index (χ1) is 7.84. The summed E-state index contributed by atoms with van der Waals surface area (Å²) in [5.74, 6) is 0.737. The molecule has 0 atom stereocenters. The number of amides is 1. The van der Waals surface area contributed by atoms with Crippen LogP contribution in [-0.2, 0) is 4.74 Å². The minimum atomic E-state index is -0.382. The maximum Gasteiger partial charge on any atom is 0.410 e. The molecule has 96 valence electrons. The Kier molecular flexibility index (Phi) is 2.96. The third kappa shape index (κ3) is 2.64. The van der Waals surface area contributed by atoms with Gasteiger partial charge in [-0.05, 0) is 46.5 Å². The number of hydrogen-bond acceptors (Lipinski definition) is 2. The zero-order valence-corrected chi connectivity index (χ0v) is 11.3. The highest BCUT2D eigenvalue weighted by Gasteiger charge is 2.53. The molecule has 0 aromatic carbocycles. The largest absolute Gasteiger partial charge is 0.444 e. The van der Waals surface area contributed by atoms with Crippen molar-refractivity contribution in [2.24, 2.45) is 11.3 Å². The van der Waals surface area contributed by atoms with E-state index in [1.807, 2.05) is 25.7 Å². The number of hydrogen-bond donors (Lipinski definition) is 0. The van der Waals surface area contributed by atoms with Crippen LogP contribution in [0.2, 0.25) is 0 Å². The minimum absolute atomic E-state index is 0.155. The summed E-state index contributed by atoms with van der Waals surface area (Å²) in [5, 5.41) is 0. The van der Waals surface area contributed by atoms with E-state index in [0.29, 0.717) is 5.41 Å². The quantitative estimate of drug-likeness (QED) is 0.655. The van der Waals surface area contributed by atoms with Crippen LogP contribution in [0, 0.1) is 11.3 Å². The normalized spacial score (nSPS) is 23.6. The number of carbonyl (C=O) groups excluding carboxylic acids is 1. The monoisotopic (exact) mass is 237 g/mol. The lowest BCUT2D eigenvalue weighted by atomic mass is 9.58. The molecule has 1 aliphatic heterocycles. The van der Waals surface area contributed by atoms with Gasteiger partial charge in [0.25, 0.3) is 0 Å². The molecule has 2 aliphatic rings. The first-order valence-corrected chi connectivity index (χ1v) is 6.44. The van der Waals surface area contributed by atoms with Gasteiger partial charge in [-0.1, -0.05) is 12.2 Å². The van der Waals surface area contributed by atoms with Crippen LogP contribution in [0.1, 0.15) is 40.5 Å². The summed E-state index contributed by atoms with van der Waals surface area (Å²) in [4.78, 5) is 13.6. The second kappa shape index (κ2) is 4.04. The molecule has 1 saturated heterocycles. The third-order valence-electron chi connectivity index (χ3n) is 3.56. The smallest absolute Gasteiger partial charge is 0.410 e. The summed E-state index contributed by atoms with van der Waals surface area (Å²) in [6.07, 6.45) is 6.72. The standard InChI is InChI=1S/C14H23NO2/c1-5-6-11-7-14(8-11)9-15(10-14)12(16)17-13(2,3)4/h5-6,11H,7-10H2,1-4H3/b6-5+. The molecular weight excluding hydrogens is 214 g/mol. The van der Waals surface area contributed by atoms with E-state index in [1.165, 1.54) is 12.8 Å². The van der Waals surface area contributed by atoms with E-state index < -0.39 is 0 Å². The maximum absolute atomic E-state index is 11.8. The van der Waals surface area contributed by atoms with Crippen LogP contribution in [0.25, 0.3) is 0 Å². The van der Waals surface area contributed by atoms with Crippen LogP contribution in [0.5, 0.6) is 0 Å². The first-order valence-electron chi connectivity index (χ1n) is 6.44. The lowest BCUT2D eigenvalue weighted by Gasteiger charge is -2.58. The molecule has 1 spiro atoms. The maximum atomic E-state index is 11.8. The zero-order chi connectivity index (χ0) is 12.7. The van der Waals surface area contributed by atoms with Gasteiger partial charge in [-0.25, -0.2) is 4.79 Å². The van der Waals surface area contributed by atoms with Crippen molar-refractivity contribution in [3.63, 3.8) is 0 Å². The Morgan fingerprint density at radius 3 is 2.41 bits per heavy atom. The van der Waals surface area contributed by atoms with Crippen molar-refractivity contribution in [2.75, 3.05) is 13.1 Å². The second-order valence-corrected chi connectivity index (χ2v) is 6.53. The van der Waals surface area contributed by atoms with Crippen LogP contribution in [0.15, 0.2) is 12.2 Å². The molecule has 1 heterocycles. The number of nitrogens with zero attached hydrogens (tertiary/aromatic N) is 1. The predicted octanol–water partition coefficient (Wildman–Crippen LogP) is 3.21. The SMILES string of the molecule is C/C=C/C1CC2(C1)CN(C(=O)OC(C)(C)C)C2. The summed E-state index contributed by atoms with van der Waals surface area (Å²) < 4.78 is 5.35. The fourth-order valence-corrected chi connectivity index (χ4v) is 2.94. The van der Waals surface area contributed by atoms with Gasteiger partial charge in [0, 0.05) is 18.5 Å². The molecule has 2 rings (SSSR count). The van der Waals surface area contributed by atoms with Crippen molar-refractivity contribution in [3.8, 4) is 0 Å². The Morgan fingerprint density at radius 2 is 1.94 bits per heavy atom. The van der Waals surface area contributed by atoms with Gasteiger partial charge in [0.1, 0.15) is 5.60 Å². The Balaban J connectivity index is 1.75. The number of carbonyl (C=O) groups is 1. The van der Waals surface area contributed by atoms with Crippen molar-refractivity contribution in [2.45, 2.75) is 46.1 Å². The summed E-state index contributed by atoms with van der Waals surface area (Å²) in [7, 11) is 0. The second-order valence-electron chi connectivity index (χ2n) is 6.53. The van der Waals surface area contributed by atoms with Crippen LogP contribution < -0.4 is 0 Å². The summed E-state index contributed by atoms with van der Waals surface area (Å²) >= 11 is 0. The Bertz CT molecular complexity index is 327. The van der Waals surface area contributed by atoms with E-state index in [1.54, 1.807) is 0 Å². The number of likely N-dealkylation sites (tertiary alicyclic amines) is 1. The van der Waals surface area contributed by atoms with Crippen LogP contribution in [0.3, 0.4) is 0 Å². The third-order valence-corrected chi connectivity index (χ3v) is 3.56. The predicted molar refractivity (Wildman–Crippen MR) is 67.8 cm³/mol. The van der Waals surface area contributed by atoms with Crippen molar-refractivity contribution in [1.82, 2.24) is 4.90 Å². The lowest BCUT2D eigenvalue weighted by Crippen LogP contribution is -2.64. The number of rotatable bonds is 1. The summed E-state index contributed by atoms with van der Waals surface area (Å²) in [6, 6.07) is 0. The fourth-order valence-electron chi connectivity index (χ4n) is 2.94. The van der Waals surface area contributed by atoms with Gasteiger partial charge in [-0.3, -0.25) is 0 Å². The van der Waals surface area contributed by atoms with Crippen LogP contribution >= 0.6 is 0 Å². The Labute approximate surface area is 104 Å². The molecule has 0 N–H and O–H groups in total. The average molecular weight is 237 g/mol. The molecule has 0 aromatic rings. The van der Waals surface area contributed by atoms with E-state index >= 15 is 0 Å². The van der Waals surface area contributed by atoms with Gasteiger partial charge < -0.3 is 9.64 Å². The molecule has 1 saturated carbocycles. The minimum Gasteiger partial charge on any atom is -0.444 e. The van der Waals surface area contributed by atoms with Crippen molar-refractivity contribution < 1.29 is 9.53 Å². The first kappa shape index (κ1) is 12.5. The van der Waals surface area contributed by atoms with Gasteiger partial charge >= 0.3 is 6.09 Å². The molecule has 3 nitrogen and oxygen atoms in total. The molecule has 0 unspecified atom stereocenters. The molecule has 0 aromatic heterocycles. The van der Waals surface area contributed by atoms with Gasteiger partial charge in [0.05, 0.1) is 0 Å². The van der Waals surface area contributed by atoms with Crippen molar-refractivity contribution >= 4 is 6.09 Å². The summed E-state index contributed by atoms with van der Waals surface area (Å²) in [6.45, 7) is 9.56. The number of ether oxygens (including phenoxy) is 1. The van der Waals surface area contributed by atoms with E-state index in [-0.39, 0.29) is 11.7 Å². The molecule has 2 fully saturated rings. The van der Waals surface area contributed by atoms with Gasteiger partial charge in [0.15, 0.2) is 0 Å². The Hall–Kier alpha value is -0.990.